The van der Waals surface area contributed by atoms with Gasteiger partial charge in [-0.15, -0.1) is 0 Å². The van der Waals surface area contributed by atoms with Crippen molar-refractivity contribution in [2.75, 3.05) is 31.6 Å². The van der Waals surface area contributed by atoms with Crippen molar-refractivity contribution in [1.82, 2.24) is 24.6 Å². The highest BCUT2D eigenvalue weighted by molar-refractivity contribution is 5.86. The smallest absolute Gasteiger partial charge is 0.163 e. The van der Waals surface area contributed by atoms with Crippen molar-refractivity contribution < 1.29 is 4.74 Å². The van der Waals surface area contributed by atoms with Gasteiger partial charge in [-0.1, -0.05) is 13.3 Å². The van der Waals surface area contributed by atoms with Crippen molar-refractivity contribution in [2.24, 2.45) is 7.05 Å². The highest BCUT2D eigenvalue weighted by Crippen LogP contribution is 2.25. The first-order valence-electron chi connectivity index (χ1n) is 9.53. The van der Waals surface area contributed by atoms with Crippen molar-refractivity contribution in [3.8, 4) is 0 Å². The molecule has 0 unspecified atom stereocenters. The molecule has 2 aliphatic heterocycles. The van der Waals surface area contributed by atoms with Crippen LogP contribution >= 0.6 is 0 Å². The Morgan fingerprint density at radius 1 is 1.20 bits per heavy atom. The molecule has 0 saturated carbocycles. The molecular formula is C18H28N6O. The molecule has 7 heteroatoms. The molecule has 0 aromatic carbocycles. The summed E-state index contributed by atoms with van der Waals surface area (Å²) in [6, 6.07) is 0.697. The summed E-state index contributed by atoms with van der Waals surface area (Å²) in [6.07, 6.45) is 7.72. The molecule has 136 valence electrons. The molecule has 0 amide bonds. The van der Waals surface area contributed by atoms with Gasteiger partial charge in [0.25, 0.3) is 0 Å². The maximum atomic E-state index is 5.82. The molecule has 4 heterocycles. The zero-order valence-electron chi connectivity index (χ0n) is 15.2. The number of fused-ring (bicyclic) bond motifs is 1. The van der Waals surface area contributed by atoms with Crippen molar-refractivity contribution in [1.29, 1.82) is 0 Å². The lowest BCUT2D eigenvalue weighted by molar-refractivity contribution is 0.127. The summed E-state index contributed by atoms with van der Waals surface area (Å²) in [5.41, 5.74) is 0.898. The van der Waals surface area contributed by atoms with Gasteiger partial charge in [0.1, 0.15) is 11.6 Å². The first kappa shape index (κ1) is 16.7. The Hall–Kier alpha value is -1.73. The normalized spacial score (nSPS) is 24.9. The zero-order chi connectivity index (χ0) is 17.2. The van der Waals surface area contributed by atoms with E-state index in [2.05, 4.69) is 27.2 Å². The van der Waals surface area contributed by atoms with E-state index in [1.54, 1.807) is 0 Å². The molecule has 0 spiro atoms. The van der Waals surface area contributed by atoms with Crippen molar-refractivity contribution in [3.63, 3.8) is 0 Å². The van der Waals surface area contributed by atoms with Gasteiger partial charge in [-0.05, 0) is 32.4 Å². The maximum Gasteiger partial charge on any atom is 0.163 e. The van der Waals surface area contributed by atoms with Crippen LogP contribution < -0.4 is 5.32 Å². The summed E-state index contributed by atoms with van der Waals surface area (Å²) < 4.78 is 7.65. The first-order valence-corrected chi connectivity index (χ1v) is 9.53. The highest BCUT2D eigenvalue weighted by atomic mass is 16.5. The number of hydrogen-bond acceptors (Lipinski definition) is 6. The fraction of sp³-hybridized carbons (Fsp3) is 0.722. The average molecular weight is 344 g/mol. The molecular weight excluding hydrogens is 316 g/mol. The van der Waals surface area contributed by atoms with E-state index in [1.807, 2.05) is 17.9 Å². The second kappa shape index (κ2) is 7.25. The second-order valence-electron chi connectivity index (χ2n) is 7.20. The first-order chi connectivity index (χ1) is 12.3. The number of rotatable bonds is 5. The number of piperidine rings is 1. The van der Waals surface area contributed by atoms with Gasteiger partial charge in [-0.25, -0.2) is 9.97 Å². The molecule has 0 radical (unpaired) electrons. The van der Waals surface area contributed by atoms with Crippen molar-refractivity contribution in [3.05, 3.63) is 12.0 Å². The molecule has 0 bridgehead atoms. The van der Waals surface area contributed by atoms with Gasteiger partial charge in [0.15, 0.2) is 5.65 Å². The summed E-state index contributed by atoms with van der Waals surface area (Å²) in [7, 11) is 1.93. The Kier molecular flexibility index (Phi) is 4.85. The summed E-state index contributed by atoms with van der Waals surface area (Å²) in [5.74, 6) is 1.79. The van der Waals surface area contributed by atoms with E-state index in [-0.39, 0.29) is 6.04 Å². The third kappa shape index (κ3) is 3.35. The lowest BCUT2D eigenvalue weighted by atomic mass is 10.0. The monoisotopic (exact) mass is 344 g/mol. The van der Waals surface area contributed by atoms with Crippen LogP contribution in [0, 0.1) is 0 Å². The largest absolute Gasteiger partial charge is 0.378 e. The topological polar surface area (TPSA) is 68.1 Å². The van der Waals surface area contributed by atoms with Gasteiger partial charge in [-0.3, -0.25) is 9.58 Å². The van der Waals surface area contributed by atoms with E-state index in [1.165, 1.54) is 32.4 Å². The van der Waals surface area contributed by atoms with Crippen LogP contribution in [0.5, 0.6) is 0 Å². The number of likely N-dealkylation sites (tertiary alicyclic amines) is 1. The van der Waals surface area contributed by atoms with Crippen LogP contribution in [-0.4, -0.2) is 63.0 Å². The predicted octanol–water partition coefficient (Wildman–Crippen LogP) is 1.98. The Balaban J connectivity index is 1.60. The lowest BCUT2D eigenvalue weighted by Gasteiger charge is -2.34. The minimum Gasteiger partial charge on any atom is -0.378 e. The minimum atomic E-state index is 0.269. The van der Waals surface area contributed by atoms with Gasteiger partial charge in [-0.2, -0.15) is 5.10 Å². The molecule has 2 saturated heterocycles. The molecule has 2 aliphatic rings. The highest BCUT2D eigenvalue weighted by Gasteiger charge is 2.34. The number of aromatic nitrogens is 4. The molecule has 7 nitrogen and oxygen atoms in total. The number of anilines is 1. The number of nitrogens with zero attached hydrogens (tertiary/aromatic N) is 5. The third-order valence-electron chi connectivity index (χ3n) is 5.34. The fourth-order valence-corrected chi connectivity index (χ4v) is 3.98. The van der Waals surface area contributed by atoms with E-state index >= 15 is 0 Å². The summed E-state index contributed by atoms with van der Waals surface area (Å²) in [6.45, 7) is 6.05. The van der Waals surface area contributed by atoms with Crippen molar-refractivity contribution in [2.45, 2.75) is 51.1 Å². The van der Waals surface area contributed by atoms with E-state index in [4.69, 9.17) is 9.72 Å². The quantitative estimate of drug-likeness (QED) is 0.894. The minimum absolute atomic E-state index is 0.269. The van der Waals surface area contributed by atoms with Gasteiger partial charge in [0.2, 0.25) is 0 Å². The number of nitrogens with one attached hydrogen (secondary N) is 1. The van der Waals surface area contributed by atoms with E-state index < -0.39 is 0 Å². The number of hydrogen-bond donors (Lipinski definition) is 1. The Morgan fingerprint density at radius 3 is 2.84 bits per heavy atom. The summed E-state index contributed by atoms with van der Waals surface area (Å²) >= 11 is 0. The third-order valence-corrected chi connectivity index (χ3v) is 5.34. The Labute approximate surface area is 148 Å². The maximum absolute atomic E-state index is 5.82. The Morgan fingerprint density at radius 2 is 2.04 bits per heavy atom. The summed E-state index contributed by atoms with van der Waals surface area (Å²) in [4.78, 5) is 12.1. The molecule has 0 aliphatic carbocycles. The molecule has 25 heavy (non-hydrogen) atoms. The van der Waals surface area contributed by atoms with E-state index in [0.29, 0.717) is 6.04 Å². The van der Waals surface area contributed by atoms with Gasteiger partial charge in [0.05, 0.1) is 36.9 Å². The van der Waals surface area contributed by atoms with Crippen LogP contribution in [-0.2, 0) is 18.2 Å². The Bertz CT molecular complexity index is 724. The molecule has 4 rings (SSSR count). The number of aryl methyl sites for hydroxylation is 2. The van der Waals surface area contributed by atoms with Gasteiger partial charge < -0.3 is 10.1 Å². The molecule has 1 N–H and O–H groups in total. The van der Waals surface area contributed by atoms with Crippen LogP contribution in [0.4, 0.5) is 5.82 Å². The molecule has 2 atom stereocenters. The van der Waals surface area contributed by atoms with Crippen molar-refractivity contribution >= 4 is 16.9 Å². The average Bonchev–Trinajstić information content (AvgIpc) is 3.24. The van der Waals surface area contributed by atoms with Gasteiger partial charge in [0, 0.05) is 13.5 Å². The second-order valence-corrected chi connectivity index (χ2v) is 7.20. The van der Waals surface area contributed by atoms with Crippen LogP contribution in [0.2, 0.25) is 0 Å². The lowest BCUT2D eigenvalue weighted by Crippen LogP contribution is -2.48. The molecule has 2 aromatic rings. The van der Waals surface area contributed by atoms with Crippen LogP contribution in [0.15, 0.2) is 6.20 Å². The number of ether oxygens (including phenoxy) is 1. The van der Waals surface area contributed by atoms with Gasteiger partial charge >= 0.3 is 0 Å². The molecule has 2 aromatic heterocycles. The van der Waals surface area contributed by atoms with Crippen LogP contribution in [0.1, 0.15) is 38.4 Å². The molecule has 2 fully saturated rings. The SMILES string of the molecule is CCCc1nc(N[C@@H]2COC[C@H]2N2CCCCC2)c2cnn(C)c2n1. The predicted molar refractivity (Wildman–Crippen MR) is 97.7 cm³/mol. The van der Waals surface area contributed by atoms with E-state index in [0.717, 1.165) is 48.7 Å². The van der Waals surface area contributed by atoms with Crippen LogP contribution in [0.3, 0.4) is 0 Å². The van der Waals surface area contributed by atoms with E-state index in [9.17, 15) is 0 Å². The fourth-order valence-electron chi connectivity index (χ4n) is 3.98. The summed E-state index contributed by atoms with van der Waals surface area (Å²) in [5, 5.41) is 9.04. The standard InChI is InChI=1S/C18H28N6O/c1-3-7-16-21-17(13-10-19-23(2)18(13)22-16)20-14-11-25-12-15(14)24-8-5-4-6-9-24/h10,14-15H,3-9,11-12H2,1-2H3,(H,20,21,22)/t14-,15-/m1/s1. The zero-order valence-corrected chi connectivity index (χ0v) is 15.2. The van der Waals surface area contributed by atoms with Crippen LogP contribution in [0.25, 0.3) is 11.0 Å².